The van der Waals surface area contributed by atoms with Gasteiger partial charge in [0.2, 0.25) is 0 Å². The van der Waals surface area contributed by atoms with Crippen LogP contribution in [0, 0.1) is 0 Å². The molecule has 0 spiro atoms. The number of ether oxygens (including phenoxy) is 2. The van der Waals surface area contributed by atoms with Crippen molar-refractivity contribution >= 4 is 19.8 Å². The second-order valence-electron chi connectivity index (χ2n) is 21.3. The van der Waals surface area contributed by atoms with Crippen LogP contribution in [0.15, 0.2) is 134 Å². The molecule has 0 fully saturated rings. The Bertz CT molecular complexity index is 1780. The maximum absolute atomic E-state index is 12.8. The summed E-state index contributed by atoms with van der Waals surface area (Å²) in [5.74, 6) is -0.881. The van der Waals surface area contributed by atoms with Crippen LogP contribution >= 0.6 is 7.82 Å². The molecular weight excluding hydrogens is 990 g/mol. The van der Waals surface area contributed by atoms with Crippen LogP contribution in [0.3, 0.4) is 0 Å². The number of unbranched alkanes of at least 4 members (excludes halogenated alkanes) is 19. The zero-order valence-corrected chi connectivity index (χ0v) is 51.2. The SMILES string of the molecule is CC/C=C\C/C=C\C/C=C\C/C=C\C/C=C\C/C=C\C/C=C\C/C=C\C/C=C\CCCCCC(=O)OC(COC(=O)CCCCCCCCCCCCC/C=C\C/C=C\CCCCCCC)COP(=O)([O-])OCC[N+](C)(C)C. The third-order valence-corrected chi connectivity index (χ3v) is 13.6. The number of phosphoric ester groups is 1. The van der Waals surface area contributed by atoms with Gasteiger partial charge in [0.15, 0.2) is 6.10 Å². The van der Waals surface area contributed by atoms with E-state index in [-0.39, 0.29) is 26.1 Å². The van der Waals surface area contributed by atoms with E-state index < -0.39 is 32.5 Å². The van der Waals surface area contributed by atoms with Gasteiger partial charge in [0.25, 0.3) is 7.82 Å². The number of quaternary nitrogens is 1. The molecule has 0 bridgehead atoms. The van der Waals surface area contributed by atoms with Gasteiger partial charge in [-0.2, -0.15) is 0 Å². The van der Waals surface area contributed by atoms with Crippen LogP contribution in [0.2, 0.25) is 0 Å². The highest BCUT2D eigenvalue weighted by Crippen LogP contribution is 2.38. The average molecular weight is 1100 g/mol. The van der Waals surface area contributed by atoms with Crippen molar-refractivity contribution < 1.29 is 42.1 Å². The molecule has 0 saturated heterocycles. The van der Waals surface area contributed by atoms with Crippen LogP contribution in [-0.4, -0.2) is 70.0 Å². The van der Waals surface area contributed by atoms with E-state index in [9.17, 15) is 19.0 Å². The first-order valence-electron chi connectivity index (χ1n) is 30.9. The Morgan fingerprint density at radius 2 is 0.731 bits per heavy atom. The zero-order valence-electron chi connectivity index (χ0n) is 50.3. The summed E-state index contributed by atoms with van der Waals surface area (Å²) < 4.78 is 34.2. The first-order chi connectivity index (χ1) is 38.0. The number of nitrogens with zero attached hydrogens (tertiary/aromatic N) is 1. The van der Waals surface area contributed by atoms with Gasteiger partial charge in [0.05, 0.1) is 27.7 Å². The molecule has 0 aliphatic carbocycles. The lowest BCUT2D eigenvalue weighted by Crippen LogP contribution is -2.37. The van der Waals surface area contributed by atoms with Crippen molar-refractivity contribution in [2.24, 2.45) is 0 Å². The summed E-state index contributed by atoms with van der Waals surface area (Å²) in [6.07, 6.45) is 83.6. The van der Waals surface area contributed by atoms with E-state index in [0.717, 1.165) is 109 Å². The molecule has 2 unspecified atom stereocenters. The maximum atomic E-state index is 12.8. The summed E-state index contributed by atoms with van der Waals surface area (Å²) in [6, 6.07) is 0. The van der Waals surface area contributed by atoms with Crippen molar-refractivity contribution in [2.75, 3.05) is 47.5 Å². The maximum Gasteiger partial charge on any atom is 0.306 e. The number of phosphoric acid groups is 1. The van der Waals surface area contributed by atoms with E-state index in [1.807, 2.05) is 21.1 Å². The fourth-order valence-electron chi connectivity index (χ4n) is 7.91. The van der Waals surface area contributed by atoms with E-state index >= 15 is 0 Å². The molecule has 0 radical (unpaired) electrons. The Hall–Kier alpha value is -3.85. The van der Waals surface area contributed by atoms with E-state index in [0.29, 0.717) is 17.4 Å². The average Bonchev–Trinajstić information content (AvgIpc) is 3.40. The second-order valence-corrected chi connectivity index (χ2v) is 22.7. The molecule has 78 heavy (non-hydrogen) atoms. The van der Waals surface area contributed by atoms with Gasteiger partial charge in [-0.15, -0.1) is 0 Å². The normalized spacial score (nSPS) is 14.2. The fraction of sp³-hybridized carbons (Fsp3) is 0.647. The monoisotopic (exact) mass is 1100 g/mol. The van der Waals surface area contributed by atoms with Crippen LogP contribution in [0.1, 0.15) is 232 Å². The zero-order chi connectivity index (χ0) is 57.0. The predicted molar refractivity (Wildman–Crippen MR) is 332 cm³/mol. The Labute approximate surface area is 479 Å². The van der Waals surface area contributed by atoms with Gasteiger partial charge in [-0.25, -0.2) is 0 Å². The molecule has 0 aliphatic rings. The van der Waals surface area contributed by atoms with Gasteiger partial charge in [-0.3, -0.25) is 14.2 Å². The molecule has 2 atom stereocenters. The summed E-state index contributed by atoms with van der Waals surface area (Å²) in [4.78, 5) is 37.9. The van der Waals surface area contributed by atoms with E-state index in [1.54, 1.807) is 0 Å². The van der Waals surface area contributed by atoms with Gasteiger partial charge < -0.3 is 27.9 Å². The number of hydrogen-bond acceptors (Lipinski definition) is 8. The predicted octanol–water partition coefficient (Wildman–Crippen LogP) is 19.1. The summed E-state index contributed by atoms with van der Waals surface area (Å²) in [7, 11) is 1.12. The minimum atomic E-state index is -4.66. The highest BCUT2D eigenvalue weighted by molar-refractivity contribution is 7.45. The summed E-state index contributed by atoms with van der Waals surface area (Å²) >= 11 is 0. The fourth-order valence-corrected chi connectivity index (χ4v) is 8.64. The number of carbonyl (C=O) groups is 2. The Kier molecular flexibility index (Phi) is 55.0. The lowest BCUT2D eigenvalue weighted by Gasteiger charge is -2.28. The highest BCUT2D eigenvalue weighted by Gasteiger charge is 2.21. The smallest absolute Gasteiger partial charge is 0.306 e. The number of carbonyl (C=O) groups excluding carboxylic acids is 2. The molecule has 0 N–H and O–H groups in total. The number of esters is 2. The van der Waals surface area contributed by atoms with Crippen molar-refractivity contribution in [3.63, 3.8) is 0 Å². The van der Waals surface area contributed by atoms with Crippen LogP contribution in [0.4, 0.5) is 0 Å². The molecule has 10 heteroatoms. The van der Waals surface area contributed by atoms with Crippen LogP contribution < -0.4 is 4.89 Å². The van der Waals surface area contributed by atoms with Crippen molar-refractivity contribution in [1.29, 1.82) is 0 Å². The minimum absolute atomic E-state index is 0.0453. The molecule has 0 aliphatic heterocycles. The number of rotatable bonds is 55. The van der Waals surface area contributed by atoms with Crippen LogP contribution in [-0.2, 0) is 32.7 Å². The van der Waals surface area contributed by atoms with Gasteiger partial charge >= 0.3 is 11.9 Å². The first kappa shape index (κ1) is 74.2. The van der Waals surface area contributed by atoms with E-state index in [2.05, 4.69) is 148 Å². The van der Waals surface area contributed by atoms with Crippen LogP contribution in [0.5, 0.6) is 0 Å². The molecule has 0 amide bonds. The van der Waals surface area contributed by atoms with Crippen molar-refractivity contribution in [2.45, 2.75) is 238 Å². The first-order valence-corrected chi connectivity index (χ1v) is 32.4. The summed E-state index contributed by atoms with van der Waals surface area (Å²) in [5, 5.41) is 0. The minimum Gasteiger partial charge on any atom is -0.756 e. The van der Waals surface area contributed by atoms with Gasteiger partial charge in [-0.05, 0) is 116 Å². The highest BCUT2D eigenvalue weighted by atomic mass is 31.2. The van der Waals surface area contributed by atoms with Crippen molar-refractivity contribution in [3.8, 4) is 0 Å². The number of likely N-dealkylation sites (N-methyl/N-ethyl adjacent to an activating group) is 1. The number of allylic oxidation sites excluding steroid dienone is 22. The summed E-state index contributed by atoms with van der Waals surface area (Å²) in [5.41, 5.74) is 0. The standard InChI is InChI=1S/C68H114NO8P/c1-6-8-10-12-14-16-18-20-22-24-26-28-30-31-32-33-34-35-36-37-39-41-43-45-47-49-51-53-55-57-59-61-68(71)77-66(65-76-78(72,73)75-63-62-69(3,4)5)64-74-67(70)60-58-56-54-52-50-48-46-44-42-40-38-29-27-25-23-21-19-17-15-13-11-9-7-2/h8,10,14,16,19-22,25-28,31-32,34-35,37,39,43,45,49,51,66H,6-7,9,11-13,15,17-18,23-24,29-30,33,36,38,40-42,44,46-48,50,52-65H2,1-5H3/b10-8-,16-14-,21-19-,22-20-,27-25-,28-26-,32-31-,35-34-,39-37-,45-43-,51-49-. The van der Waals surface area contributed by atoms with Crippen molar-refractivity contribution in [3.05, 3.63) is 134 Å². The number of hydrogen-bond donors (Lipinski definition) is 0. The topological polar surface area (TPSA) is 111 Å². The van der Waals surface area contributed by atoms with Crippen LogP contribution in [0.25, 0.3) is 0 Å². The summed E-state index contributed by atoms with van der Waals surface area (Å²) in [6.45, 7) is 4.06. The Balaban J connectivity index is 4.27. The third-order valence-electron chi connectivity index (χ3n) is 12.7. The molecule has 0 saturated carbocycles. The van der Waals surface area contributed by atoms with Crippen molar-refractivity contribution in [1.82, 2.24) is 0 Å². The third kappa shape index (κ3) is 61.4. The molecular formula is C68H114NO8P. The molecule has 444 valence electrons. The van der Waals surface area contributed by atoms with Gasteiger partial charge in [0, 0.05) is 12.8 Å². The molecule has 0 rings (SSSR count). The lowest BCUT2D eigenvalue weighted by molar-refractivity contribution is -0.870. The molecule has 9 nitrogen and oxygen atoms in total. The second kappa shape index (κ2) is 57.8. The van der Waals surface area contributed by atoms with E-state index in [1.165, 1.54) is 89.9 Å². The van der Waals surface area contributed by atoms with Gasteiger partial charge in [-0.1, -0.05) is 237 Å². The quantitative estimate of drug-likeness (QED) is 0.0195. The molecule has 0 heterocycles. The Morgan fingerprint density at radius 3 is 1.10 bits per heavy atom. The molecule has 0 aromatic heterocycles. The lowest BCUT2D eigenvalue weighted by atomic mass is 10.0. The largest absolute Gasteiger partial charge is 0.756 e. The van der Waals surface area contributed by atoms with E-state index in [4.69, 9.17) is 18.5 Å². The van der Waals surface area contributed by atoms with Gasteiger partial charge in [0.1, 0.15) is 19.8 Å². The Morgan fingerprint density at radius 1 is 0.410 bits per heavy atom. The molecule has 0 aromatic rings. The molecule has 0 aromatic carbocycles.